The molecule has 1 aromatic carbocycles. The van der Waals surface area contributed by atoms with Crippen LogP contribution >= 0.6 is 11.3 Å². The normalized spacial score (nSPS) is 18.8. The lowest BCUT2D eigenvalue weighted by atomic mass is 9.93. The number of thiazole rings is 1. The fraction of sp³-hybridized carbons (Fsp3) is 0.517. The first kappa shape index (κ1) is 31.8. The van der Waals surface area contributed by atoms with E-state index in [1.54, 1.807) is 27.0 Å². The third kappa shape index (κ3) is 7.04. The Hall–Kier alpha value is -3.59. The molecule has 2 fully saturated rings. The van der Waals surface area contributed by atoms with E-state index in [9.17, 15) is 22.4 Å². The highest BCUT2D eigenvalue weighted by Gasteiger charge is 2.43. The van der Waals surface area contributed by atoms with E-state index >= 15 is 4.39 Å². The molecule has 2 saturated heterocycles. The summed E-state index contributed by atoms with van der Waals surface area (Å²) >= 11 is 1.21. The first-order valence-electron chi connectivity index (χ1n) is 14.3. The largest absolute Gasteiger partial charge is 0.464 e. The molecule has 2 aliphatic heterocycles. The fourth-order valence-electron chi connectivity index (χ4n) is 5.42. The van der Waals surface area contributed by atoms with Crippen molar-refractivity contribution in [3.05, 3.63) is 41.5 Å². The lowest BCUT2D eigenvalue weighted by molar-refractivity contribution is -0.158. The number of benzene rings is 1. The van der Waals surface area contributed by atoms with Gasteiger partial charge in [0, 0.05) is 57.8 Å². The molecule has 0 spiro atoms. The molecule has 238 valence electrons. The second-order valence-corrected chi connectivity index (χ2v) is 11.8. The zero-order valence-electron chi connectivity index (χ0n) is 24.5. The first-order chi connectivity index (χ1) is 20.9. The minimum atomic E-state index is -4.73. The van der Waals surface area contributed by atoms with Crippen LogP contribution in [0.5, 0.6) is 0 Å². The van der Waals surface area contributed by atoms with Crippen molar-refractivity contribution in [1.82, 2.24) is 15.0 Å². The number of nitrogens with zero attached hydrogens (tertiary/aromatic N) is 5. The molecule has 0 bridgehead atoms. The molecule has 2 aromatic heterocycles. The number of halogens is 5. The molecular formula is C29H33F5N6O3S. The maximum atomic E-state index is 15.1. The van der Waals surface area contributed by atoms with Gasteiger partial charge < -0.3 is 24.6 Å². The minimum Gasteiger partial charge on any atom is -0.464 e. The highest BCUT2D eigenvalue weighted by Crippen LogP contribution is 2.43. The zero-order chi connectivity index (χ0) is 31.6. The number of rotatable bonds is 8. The predicted octanol–water partition coefficient (Wildman–Crippen LogP) is 6.30. The molecule has 1 N–H and O–H groups in total. The van der Waals surface area contributed by atoms with E-state index in [-0.39, 0.29) is 49.9 Å². The average Bonchev–Trinajstić information content (AvgIpc) is 3.40. The van der Waals surface area contributed by atoms with Gasteiger partial charge in [0.05, 0.1) is 18.3 Å². The Labute approximate surface area is 255 Å². The van der Waals surface area contributed by atoms with Crippen LogP contribution in [0.2, 0.25) is 0 Å². The third-order valence-corrected chi connectivity index (χ3v) is 8.72. The van der Waals surface area contributed by atoms with E-state index in [2.05, 4.69) is 20.3 Å². The molecular weight excluding hydrogens is 607 g/mol. The van der Waals surface area contributed by atoms with Crippen molar-refractivity contribution in [2.75, 3.05) is 55.0 Å². The summed E-state index contributed by atoms with van der Waals surface area (Å²) in [7, 11) is 1.61. The molecule has 15 heteroatoms. The summed E-state index contributed by atoms with van der Waals surface area (Å²) in [6, 6.07) is 4.06. The molecule has 5 rings (SSSR count). The lowest BCUT2D eigenvalue weighted by Gasteiger charge is -2.35. The van der Waals surface area contributed by atoms with Gasteiger partial charge in [-0.1, -0.05) is 11.3 Å². The van der Waals surface area contributed by atoms with Crippen LogP contribution in [0.4, 0.5) is 43.7 Å². The Morgan fingerprint density at radius 3 is 2.55 bits per heavy atom. The van der Waals surface area contributed by atoms with Crippen molar-refractivity contribution in [2.45, 2.75) is 57.5 Å². The van der Waals surface area contributed by atoms with Crippen LogP contribution in [0, 0.1) is 12.7 Å². The van der Waals surface area contributed by atoms with Crippen LogP contribution < -0.4 is 15.1 Å². The summed E-state index contributed by atoms with van der Waals surface area (Å²) in [6.07, 6.45) is -3.27. The Balaban J connectivity index is 1.44. The number of aromatic nitrogens is 3. The molecule has 0 unspecified atom stereocenters. The van der Waals surface area contributed by atoms with Crippen LogP contribution in [0.1, 0.15) is 44.0 Å². The van der Waals surface area contributed by atoms with Crippen LogP contribution in [-0.2, 0) is 20.4 Å². The standard InChI is InChI=1S/C29H33F5N6O3S/c1-4-43-26(41)28(31)7-10-39(11-8-28)23-15-22(35-17(2)36-23)37-27-38-24(18-12-19(29(32,33)34)14-20(30)13-18)25(44-27)40-9-5-6-21(16-40)42-3/h12-15,21H,4-11,16H2,1-3H3,(H,35,36,37,38)/t21-/m0/s1. The van der Waals surface area contributed by atoms with Crippen LogP contribution in [0.3, 0.4) is 0 Å². The van der Waals surface area contributed by atoms with Gasteiger partial charge in [-0.15, -0.1) is 0 Å². The molecule has 0 saturated carbocycles. The van der Waals surface area contributed by atoms with E-state index in [0.29, 0.717) is 46.7 Å². The molecule has 0 aliphatic carbocycles. The molecule has 0 amide bonds. The molecule has 0 radical (unpaired) electrons. The number of hydrogen-bond donors (Lipinski definition) is 1. The Morgan fingerprint density at radius 1 is 1.11 bits per heavy atom. The average molecular weight is 641 g/mol. The Morgan fingerprint density at radius 2 is 1.86 bits per heavy atom. The number of alkyl halides is 4. The Kier molecular flexibility index (Phi) is 9.25. The van der Waals surface area contributed by atoms with Gasteiger partial charge in [-0.05, 0) is 44.9 Å². The van der Waals surface area contributed by atoms with Crippen molar-refractivity contribution in [2.24, 2.45) is 0 Å². The predicted molar refractivity (Wildman–Crippen MR) is 157 cm³/mol. The van der Waals surface area contributed by atoms with Crippen molar-refractivity contribution in [3.8, 4) is 11.3 Å². The summed E-state index contributed by atoms with van der Waals surface area (Å²) in [5.74, 6) is -0.576. The highest BCUT2D eigenvalue weighted by atomic mass is 32.1. The van der Waals surface area contributed by atoms with Crippen molar-refractivity contribution in [3.63, 3.8) is 0 Å². The third-order valence-electron chi connectivity index (χ3n) is 7.69. The van der Waals surface area contributed by atoms with Gasteiger partial charge in [-0.3, -0.25) is 0 Å². The number of esters is 1. The van der Waals surface area contributed by atoms with Gasteiger partial charge in [0.1, 0.15) is 34.0 Å². The number of anilines is 4. The van der Waals surface area contributed by atoms with Gasteiger partial charge in [0.2, 0.25) is 5.67 Å². The van der Waals surface area contributed by atoms with E-state index in [0.717, 1.165) is 25.0 Å². The number of hydrogen-bond acceptors (Lipinski definition) is 10. The number of carbonyl (C=O) groups excluding carboxylic acids is 1. The molecule has 4 heterocycles. The van der Waals surface area contributed by atoms with E-state index < -0.39 is 29.2 Å². The van der Waals surface area contributed by atoms with Gasteiger partial charge in [0.15, 0.2) is 5.13 Å². The minimum absolute atomic E-state index is 0.000319. The summed E-state index contributed by atoms with van der Waals surface area (Å²) < 4.78 is 80.7. The number of nitrogens with one attached hydrogen (secondary N) is 1. The van der Waals surface area contributed by atoms with Crippen LogP contribution in [0.25, 0.3) is 11.3 Å². The second-order valence-electron chi connectivity index (χ2n) is 10.8. The van der Waals surface area contributed by atoms with Crippen molar-refractivity contribution in [1.29, 1.82) is 0 Å². The fourth-order valence-corrected chi connectivity index (χ4v) is 6.45. The molecule has 9 nitrogen and oxygen atoms in total. The van der Waals surface area contributed by atoms with Crippen molar-refractivity contribution >= 4 is 39.1 Å². The highest BCUT2D eigenvalue weighted by molar-refractivity contribution is 7.20. The topological polar surface area (TPSA) is 92.7 Å². The van der Waals surface area contributed by atoms with Crippen LogP contribution in [0.15, 0.2) is 24.3 Å². The quantitative estimate of drug-likeness (QED) is 0.225. The zero-order valence-corrected chi connectivity index (χ0v) is 25.3. The second kappa shape index (κ2) is 12.8. The lowest BCUT2D eigenvalue weighted by Crippen LogP contribution is -2.47. The molecule has 3 aromatic rings. The molecule has 1 atom stereocenters. The van der Waals surface area contributed by atoms with Gasteiger partial charge in [-0.25, -0.2) is 28.5 Å². The first-order valence-corrected chi connectivity index (χ1v) is 15.1. The summed E-state index contributed by atoms with van der Waals surface area (Å²) in [5, 5.41) is 4.05. The monoisotopic (exact) mass is 640 g/mol. The molecule has 2 aliphatic rings. The maximum Gasteiger partial charge on any atom is 0.416 e. The SMILES string of the molecule is CCOC(=O)C1(F)CCN(c2cc(Nc3nc(-c4cc(F)cc(C(F)(F)F)c4)c(N4CCC[C@H](OC)C4)s3)nc(C)n2)CC1. The van der Waals surface area contributed by atoms with E-state index in [1.807, 2.05) is 9.80 Å². The van der Waals surface area contributed by atoms with Crippen molar-refractivity contribution < 1.29 is 36.2 Å². The number of methoxy groups -OCH3 is 1. The van der Waals surface area contributed by atoms with Gasteiger partial charge >= 0.3 is 12.1 Å². The smallest absolute Gasteiger partial charge is 0.416 e. The van der Waals surface area contributed by atoms with Gasteiger partial charge in [0.25, 0.3) is 0 Å². The number of carbonyl (C=O) groups is 1. The summed E-state index contributed by atoms with van der Waals surface area (Å²) in [5.41, 5.74) is -2.95. The number of piperidine rings is 2. The summed E-state index contributed by atoms with van der Waals surface area (Å²) in [4.78, 5) is 29.5. The Bertz CT molecular complexity index is 1490. The molecule has 44 heavy (non-hydrogen) atoms. The maximum absolute atomic E-state index is 15.1. The van der Waals surface area contributed by atoms with E-state index in [1.165, 1.54) is 11.3 Å². The number of aryl methyl sites for hydroxylation is 1. The number of ether oxygens (including phenoxy) is 2. The summed E-state index contributed by atoms with van der Waals surface area (Å²) in [6.45, 7) is 5.01. The van der Waals surface area contributed by atoms with E-state index in [4.69, 9.17) is 9.47 Å². The van der Waals surface area contributed by atoms with Gasteiger partial charge in [-0.2, -0.15) is 13.2 Å². The van der Waals surface area contributed by atoms with Crippen LogP contribution in [-0.4, -0.2) is 72.6 Å².